The zero-order chi connectivity index (χ0) is 20.2. The lowest BCUT2D eigenvalue weighted by Gasteiger charge is -2.42. The van der Waals surface area contributed by atoms with Gasteiger partial charge in [-0.1, -0.05) is 54.5 Å². The van der Waals surface area contributed by atoms with Crippen molar-refractivity contribution < 1.29 is 4.57 Å². The van der Waals surface area contributed by atoms with Crippen LogP contribution in [0.5, 0.6) is 0 Å². The average molecular weight is 365 g/mol. The molecule has 0 saturated heterocycles. The Bertz CT molecular complexity index is 863. The predicted molar refractivity (Wildman–Crippen MR) is 116 cm³/mol. The molecule has 0 aliphatic heterocycles. The molecule has 27 heavy (non-hydrogen) atoms. The Morgan fingerprint density at radius 1 is 0.926 bits per heavy atom. The normalized spacial score (nSPS) is 18.3. The topological polar surface area (TPSA) is 3.88 Å². The lowest BCUT2D eigenvalue weighted by atomic mass is 9.62. The molecule has 0 fully saturated rings. The van der Waals surface area contributed by atoms with Crippen molar-refractivity contribution in [2.45, 2.75) is 85.5 Å². The zero-order valence-corrected chi connectivity index (χ0v) is 19.0. The molecule has 1 aliphatic rings. The van der Waals surface area contributed by atoms with E-state index in [4.69, 9.17) is 0 Å². The van der Waals surface area contributed by atoms with E-state index < -0.39 is 0 Å². The van der Waals surface area contributed by atoms with Crippen LogP contribution >= 0.6 is 0 Å². The Morgan fingerprint density at radius 2 is 1.48 bits per heavy atom. The van der Waals surface area contributed by atoms with Gasteiger partial charge in [-0.25, -0.2) is 4.57 Å². The number of hydrogen-bond donors (Lipinski definition) is 0. The van der Waals surface area contributed by atoms with Gasteiger partial charge in [-0.15, -0.1) is 0 Å². The maximum atomic E-state index is 2.49. The standard InChI is InChI=1S/C26H38N/c1-18-14-21-22(26(7,8)13-12-25(21,5)6)15-20(18)23-11-10-19(17-27(23)9)16-24(2,3)4/h10-11,14-15,17H,12-13,16H2,1-9H3/q+1. The second kappa shape index (κ2) is 6.47. The predicted octanol–water partition coefficient (Wildman–Crippen LogP) is 6.42. The van der Waals surface area contributed by atoms with Gasteiger partial charge in [0.25, 0.3) is 0 Å². The number of nitrogens with zero attached hydrogens (tertiary/aromatic N) is 1. The minimum Gasteiger partial charge on any atom is -0.201 e. The van der Waals surface area contributed by atoms with E-state index in [2.05, 4.69) is 97.5 Å². The van der Waals surface area contributed by atoms with Gasteiger partial charge in [0.15, 0.2) is 6.20 Å². The quantitative estimate of drug-likeness (QED) is 0.541. The third-order valence-corrected chi connectivity index (χ3v) is 6.40. The Hall–Kier alpha value is -1.63. The number of hydrogen-bond acceptors (Lipinski definition) is 0. The van der Waals surface area contributed by atoms with Crippen molar-refractivity contribution in [1.29, 1.82) is 0 Å². The number of rotatable bonds is 2. The Kier molecular flexibility index (Phi) is 4.82. The third kappa shape index (κ3) is 3.98. The highest BCUT2D eigenvalue weighted by molar-refractivity contribution is 5.65. The van der Waals surface area contributed by atoms with Gasteiger partial charge in [0.2, 0.25) is 5.69 Å². The van der Waals surface area contributed by atoms with E-state index in [1.807, 2.05) is 0 Å². The van der Waals surface area contributed by atoms with Crippen LogP contribution < -0.4 is 4.57 Å². The minimum atomic E-state index is 0.248. The maximum absolute atomic E-state index is 2.49. The fourth-order valence-corrected chi connectivity index (χ4v) is 4.66. The lowest BCUT2D eigenvalue weighted by molar-refractivity contribution is -0.660. The molecule has 0 amide bonds. The van der Waals surface area contributed by atoms with Gasteiger partial charge >= 0.3 is 0 Å². The van der Waals surface area contributed by atoms with Crippen molar-refractivity contribution in [3.63, 3.8) is 0 Å². The fourth-order valence-electron chi connectivity index (χ4n) is 4.66. The van der Waals surface area contributed by atoms with Crippen LogP contribution in [0.25, 0.3) is 11.3 Å². The van der Waals surface area contributed by atoms with Crippen molar-refractivity contribution in [2.75, 3.05) is 0 Å². The van der Waals surface area contributed by atoms with Crippen LogP contribution in [0.15, 0.2) is 30.5 Å². The monoisotopic (exact) mass is 364 g/mol. The first-order chi connectivity index (χ1) is 12.3. The zero-order valence-electron chi connectivity index (χ0n) is 19.0. The molecule has 0 atom stereocenters. The Balaban J connectivity index is 2.11. The fraction of sp³-hybridized carbons (Fsp3) is 0.577. The Morgan fingerprint density at radius 3 is 2.00 bits per heavy atom. The van der Waals surface area contributed by atoms with Gasteiger partial charge in [0, 0.05) is 17.2 Å². The van der Waals surface area contributed by atoms with Crippen LogP contribution in [0.2, 0.25) is 0 Å². The van der Waals surface area contributed by atoms with Crippen LogP contribution in [-0.4, -0.2) is 0 Å². The molecule has 1 aliphatic carbocycles. The highest BCUT2D eigenvalue weighted by Crippen LogP contribution is 2.47. The summed E-state index contributed by atoms with van der Waals surface area (Å²) in [5, 5.41) is 0. The van der Waals surface area contributed by atoms with Crippen molar-refractivity contribution >= 4 is 0 Å². The summed E-state index contributed by atoms with van der Waals surface area (Å²) in [6.45, 7) is 18.8. The van der Waals surface area contributed by atoms with Crippen LogP contribution in [0.4, 0.5) is 0 Å². The molecule has 0 unspecified atom stereocenters. The number of pyridine rings is 1. The molecule has 2 aromatic rings. The molecule has 1 heterocycles. The van der Waals surface area contributed by atoms with E-state index in [1.165, 1.54) is 40.8 Å². The van der Waals surface area contributed by atoms with Gasteiger partial charge in [-0.3, -0.25) is 0 Å². The van der Waals surface area contributed by atoms with Crippen molar-refractivity contribution in [3.05, 3.63) is 52.7 Å². The van der Waals surface area contributed by atoms with E-state index in [0.717, 1.165) is 6.42 Å². The maximum Gasteiger partial charge on any atom is 0.212 e. The largest absolute Gasteiger partial charge is 0.212 e. The molecule has 0 radical (unpaired) electrons. The first-order valence-electron chi connectivity index (χ1n) is 10.4. The molecule has 146 valence electrons. The molecule has 3 rings (SSSR count). The first-order valence-corrected chi connectivity index (χ1v) is 10.4. The smallest absolute Gasteiger partial charge is 0.201 e. The molecule has 0 N–H and O–H groups in total. The summed E-state index contributed by atoms with van der Waals surface area (Å²) in [6.07, 6.45) is 5.94. The molecule has 1 aromatic carbocycles. The van der Waals surface area contributed by atoms with Crippen LogP contribution in [-0.2, 0) is 24.3 Å². The van der Waals surface area contributed by atoms with Gasteiger partial charge < -0.3 is 0 Å². The van der Waals surface area contributed by atoms with E-state index >= 15 is 0 Å². The van der Waals surface area contributed by atoms with E-state index in [9.17, 15) is 0 Å². The molecule has 0 saturated carbocycles. The van der Waals surface area contributed by atoms with Crippen LogP contribution in [0, 0.1) is 12.3 Å². The lowest BCUT2D eigenvalue weighted by Crippen LogP contribution is -2.35. The number of fused-ring (bicyclic) bond motifs is 1. The minimum absolute atomic E-state index is 0.248. The highest BCUT2D eigenvalue weighted by Gasteiger charge is 2.38. The average Bonchev–Trinajstić information content (AvgIpc) is 2.51. The summed E-state index contributed by atoms with van der Waals surface area (Å²) in [4.78, 5) is 0. The third-order valence-electron chi connectivity index (χ3n) is 6.40. The molecular formula is C26H38N+. The number of aromatic nitrogens is 1. The second-order valence-corrected chi connectivity index (χ2v) is 11.3. The summed E-state index contributed by atoms with van der Waals surface area (Å²) in [6, 6.07) is 9.59. The second-order valence-electron chi connectivity index (χ2n) is 11.3. The summed E-state index contributed by atoms with van der Waals surface area (Å²) in [5.41, 5.74) is 9.41. The van der Waals surface area contributed by atoms with Crippen molar-refractivity contribution in [1.82, 2.24) is 0 Å². The van der Waals surface area contributed by atoms with E-state index in [-0.39, 0.29) is 10.8 Å². The van der Waals surface area contributed by atoms with E-state index in [0.29, 0.717) is 5.41 Å². The van der Waals surface area contributed by atoms with Crippen LogP contribution in [0.1, 0.15) is 83.6 Å². The van der Waals surface area contributed by atoms with E-state index in [1.54, 1.807) is 5.56 Å². The molecule has 0 bridgehead atoms. The molecule has 1 nitrogen and oxygen atoms in total. The molecule has 0 spiro atoms. The summed E-state index contributed by atoms with van der Waals surface area (Å²) in [7, 11) is 2.19. The first kappa shape index (κ1) is 20.1. The number of aryl methyl sites for hydroxylation is 2. The van der Waals surface area contributed by atoms with Crippen molar-refractivity contribution in [3.8, 4) is 11.3 Å². The summed E-state index contributed by atoms with van der Waals surface area (Å²) in [5.74, 6) is 0. The van der Waals surface area contributed by atoms with Crippen molar-refractivity contribution in [2.24, 2.45) is 12.5 Å². The van der Waals surface area contributed by atoms with Gasteiger partial charge in [-0.2, -0.15) is 0 Å². The Labute approximate surface area is 166 Å². The molecule has 1 heteroatoms. The summed E-state index contributed by atoms with van der Waals surface area (Å²) < 4.78 is 2.32. The van der Waals surface area contributed by atoms with Gasteiger partial charge in [0.1, 0.15) is 7.05 Å². The molecule has 1 aromatic heterocycles. The van der Waals surface area contributed by atoms with Gasteiger partial charge in [-0.05, 0) is 71.3 Å². The highest BCUT2D eigenvalue weighted by atomic mass is 14.9. The SMILES string of the molecule is Cc1cc2c(cc1-c1ccc(CC(C)(C)C)c[n+]1C)C(C)(C)CCC2(C)C. The molecular weight excluding hydrogens is 326 g/mol. The van der Waals surface area contributed by atoms with Crippen LogP contribution in [0.3, 0.4) is 0 Å². The van der Waals surface area contributed by atoms with Gasteiger partial charge in [0.05, 0.1) is 0 Å². The number of benzene rings is 1. The summed E-state index contributed by atoms with van der Waals surface area (Å²) >= 11 is 0.